The SMILES string of the molecule is CCSC1CCCC1Nc1ccc(C(=O)O)c(Br)c1. The van der Waals surface area contributed by atoms with Crippen LogP contribution in [0.2, 0.25) is 0 Å². The maximum atomic E-state index is 11.0. The molecule has 5 heteroatoms. The maximum Gasteiger partial charge on any atom is 0.336 e. The minimum atomic E-state index is -0.904. The number of thioether (sulfide) groups is 1. The average molecular weight is 344 g/mol. The molecule has 2 unspecified atom stereocenters. The fourth-order valence-electron chi connectivity index (χ4n) is 2.50. The number of halogens is 1. The normalized spacial score (nSPS) is 22.4. The molecule has 3 nitrogen and oxygen atoms in total. The molecule has 1 aromatic rings. The van der Waals surface area contributed by atoms with Gasteiger partial charge in [-0.1, -0.05) is 13.3 Å². The third kappa shape index (κ3) is 3.66. The molecule has 1 aromatic carbocycles. The molecule has 1 aliphatic carbocycles. The second kappa shape index (κ2) is 6.66. The Morgan fingerprint density at radius 1 is 1.53 bits per heavy atom. The summed E-state index contributed by atoms with van der Waals surface area (Å²) in [4.78, 5) is 11.0. The van der Waals surface area contributed by atoms with Crippen LogP contribution in [0.3, 0.4) is 0 Å². The number of hydrogen-bond acceptors (Lipinski definition) is 3. The molecule has 2 rings (SSSR count). The first kappa shape index (κ1) is 14.7. The largest absolute Gasteiger partial charge is 0.478 e. The molecular weight excluding hydrogens is 326 g/mol. The lowest BCUT2D eigenvalue weighted by Crippen LogP contribution is -2.26. The summed E-state index contributed by atoms with van der Waals surface area (Å²) in [7, 11) is 0. The van der Waals surface area contributed by atoms with Crippen molar-refractivity contribution in [3.8, 4) is 0 Å². The zero-order valence-electron chi connectivity index (χ0n) is 10.9. The molecule has 19 heavy (non-hydrogen) atoms. The van der Waals surface area contributed by atoms with Gasteiger partial charge in [-0.25, -0.2) is 4.79 Å². The standard InChI is InChI=1S/C14H18BrNO2S/c1-2-19-13-5-3-4-12(13)16-9-6-7-10(14(17)18)11(15)8-9/h6-8,12-13,16H,2-5H2,1H3,(H,17,18). The fourth-order valence-corrected chi connectivity index (χ4v) is 4.24. The number of hydrogen-bond donors (Lipinski definition) is 2. The number of carboxylic acid groups (broad SMARTS) is 1. The van der Waals surface area contributed by atoms with Crippen molar-refractivity contribution in [3.05, 3.63) is 28.2 Å². The number of benzene rings is 1. The zero-order chi connectivity index (χ0) is 13.8. The van der Waals surface area contributed by atoms with Crippen LogP contribution in [0.15, 0.2) is 22.7 Å². The topological polar surface area (TPSA) is 49.3 Å². The number of nitrogens with one attached hydrogen (secondary N) is 1. The molecule has 0 spiro atoms. The Hall–Kier alpha value is -0.680. The van der Waals surface area contributed by atoms with Gasteiger partial charge in [-0.2, -0.15) is 11.8 Å². The van der Waals surface area contributed by atoms with Gasteiger partial charge >= 0.3 is 5.97 Å². The Morgan fingerprint density at radius 3 is 2.95 bits per heavy atom. The van der Waals surface area contributed by atoms with Crippen molar-refractivity contribution < 1.29 is 9.90 Å². The predicted molar refractivity (Wildman–Crippen MR) is 84.3 cm³/mol. The minimum absolute atomic E-state index is 0.302. The van der Waals surface area contributed by atoms with Crippen LogP contribution in [0.25, 0.3) is 0 Å². The third-order valence-corrected chi connectivity index (χ3v) is 5.37. The van der Waals surface area contributed by atoms with Gasteiger partial charge in [-0.05, 0) is 52.7 Å². The van der Waals surface area contributed by atoms with Crippen molar-refractivity contribution in [1.29, 1.82) is 0 Å². The highest BCUT2D eigenvalue weighted by molar-refractivity contribution is 9.10. The van der Waals surface area contributed by atoms with Gasteiger partial charge in [-0.15, -0.1) is 0 Å². The van der Waals surface area contributed by atoms with E-state index in [1.807, 2.05) is 23.9 Å². The van der Waals surface area contributed by atoms with E-state index in [-0.39, 0.29) is 0 Å². The van der Waals surface area contributed by atoms with E-state index in [0.29, 0.717) is 21.3 Å². The van der Waals surface area contributed by atoms with Gasteiger partial charge in [0, 0.05) is 21.5 Å². The molecule has 0 aliphatic heterocycles. The highest BCUT2D eigenvalue weighted by atomic mass is 79.9. The van der Waals surface area contributed by atoms with Gasteiger partial charge in [0.05, 0.1) is 5.56 Å². The molecule has 1 saturated carbocycles. The van der Waals surface area contributed by atoms with Crippen LogP contribution in [0.1, 0.15) is 36.5 Å². The molecule has 0 amide bonds. The summed E-state index contributed by atoms with van der Waals surface area (Å²) in [6.45, 7) is 2.19. The van der Waals surface area contributed by atoms with E-state index >= 15 is 0 Å². The van der Waals surface area contributed by atoms with E-state index in [2.05, 4.69) is 28.2 Å². The molecule has 0 heterocycles. The molecule has 0 radical (unpaired) electrons. The van der Waals surface area contributed by atoms with Crippen molar-refractivity contribution in [2.45, 2.75) is 37.5 Å². The Morgan fingerprint density at radius 2 is 2.32 bits per heavy atom. The maximum absolute atomic E-state index is 11.0. The molecular formula is C14H18BrNO2S. The smallest absolute Gasteiger partial charge is 0.336 e. The number of anilines is 1. The Bertz CT molecular complexity index is 467. The van der Waals surface area contributed by atoms with E-state index in [1.165, 1.54) is 19.3 Å². The fraction of sp³-hybridized carbons (Fsp3) is 0.500. The van der Waals surface area contributed by atoms with Gasteiger partial charge in [0.25, 0.3) is 0 Å². The molecule has 2 N–H and O–H groups in total. The van der Waals surface area contributed by atoms with E-state index < -0.39 is 5.97 Å². The quantitative estimate of drug-likeness (QED) is 0.839. The zero-order valence-corrected chi connectivity index (χ0v) is 13.3. The van der Waals surface area contributed by atoms with E-state index in [4.69, 9.17) is 5.11 Å². The lowest BCUT2D eigenvalue weighted by Gasteiger charge is -2.21. The van der Waals surface area contributed by atoms with Crippen molar-refractivity contribution in [1.82, 2.24) is 0 Å². The van der Waals surface area contributed by atoms with Crippen LogP contribution in [0.4, 0.5) is 5.69 Å². The first-order valence-corrected chi connectivity index (χ1v) is 8.37. The van der Waals surface area contributed by atoms with Crippen LogP contribution >= 0.6 is 27.7 Å². The van der Waals surface area contributed by atoms with Gasteiger partial charge < -0.3 is 10.4 Å². The monoisotopic (exact) mass is 343 g/mol. The van der Waals surface area contributed by atoms with Crippen LogP contribution in [-0.2, 0) is 0 Å². The molecule has 104 valence electrons. The van der Waals surface area contributed by atoms with Crippen molar-refractivity contribution >= 4 is 39.3 Å². The molecule has 0 aromatic heterocycles. The number of rotatable bonds is 5. The number of carboxylic acids is 1. The van der Waals surface area contributed by atoms with Gasteiger partial charge in [-0.3, -0.25) is 0 Å². The second-order valence-electron chi connectivity index (χ2n) is 4.68. The van der Waals surface area contributed by atoms with Crippen molar-refractivity contribution in [3.63, 3.8) is 0 Å². The lowest BCUT2D eigenvalue weighted by molar-refractivity contribution is 0.0696. The summed E-state index contributed by atoms with van der Waals surface area (Å²) in [6, 6.07) is 5.84. The molecule has 1 aliphatic rings. The highest BCUT2D eigenvalue weighted by Crippen LogP contribution is 2.32. The molecule has 2 atom stereocenters. The Kier molecular flexibility index (Phi) is 5.16. The summed E-state index contributed by atoms with van der Waals surface area (Å²) < 4.78 is 0.627. The van der Waals surface area contributed by atoms with Crippen molar-refractivity contribution in [2.24, 2.45) is 0 Å². The summed E-state index contributed by atoms with van der Waals surface area (Å²) in [5.41, 5.74) is 1.29. The second-order valence-corrected chi connectivity index (χ2v) is 7.05. The summed E-state index contributed by atoms with van der Waals surface area (Å²) in [5, 5.41) is 13.2. The predicted octanol–water partition coefficient (Wildman–Crippen LogP) is 4.23. The third-order valence-electron chi connectivity index (χ3n) is 3.38. The van der Waals surface area contributed by atoms with Gasteiger partial charge in [0.15, 0.2) is 0 Å². The van der Waals surface area contributed by atoms with E-state index in [0.717, 1.165) is 11.4 Å². The van der Waals surface area contributed by atoms with Crippen LogP contribution < -0.4 is 5.32 Å². The van der Waals surface area contributed by atoms with Crippen molar-refractivity contribution in [2.75, 3.05) is 11.1 Å². The summed E-state index contributed by atoms with van der Waals surface area (Å²) >= 11 is 5.33. The molecule has 0 bridgehead atoms. The first-order chi connectivity index (χ1) is 9.11. The Labute approximate surface area is 126 Å². The Balaban J connectivity index is 2.07. The van der Waals surface area contributed by atoms with E-state index in [9.17, 15) is 4.79 Å². The first-order valence-electron chi connectivity index (χ1n) is 6.52. The summed E-state index contributed by atoms with van der Waals surface area (Å²) in [6.07, 6.45) is 3.73. The summed E-state index contributed by atoms with van der Waals surface area (Å²) in [5.74, 6) is 0.239. The van der Waals surface area contributed by atoms with Crippen LogP contribution in [0.5, 0.6) is 0 Å². The van der Waals surface area contributed by atoms with Gasteiger partial charge in [0.2, 0.25) is 0 Å². The number of carbonyl (C=O) groups is 1. The highest BCUT2D eigenvalue weighted by Gasteiger charge is 2.27. The number of aromatic carboxylic acids is 1. The average Bonchev–Trinajstić information content (AvgIpc) is 2.77. The van der Waals surface area contributed by atoms with Crippen LogP contribution in [0, 0.1) is 0 Å². The van der Waals surface area contributed by atoms with Crippen LogP contribution in [-0.4, -0.2) is 28.1 Å². The molecule has 0 saturated heterocycles. The van der Waals surface area contributed by atoms with E-state index in [1.54, 1.807) is 6.07 Å². The minimum Gasteiger partial charge on any atom is -0.478 e. The van der Waals surface area contributed by atoms with Gasteiger partial charge in [0.1, 0.15) is 0 Å². The lowest BCUT2D eigenvalue weighted by atomic mass is 10.2. The molecule has 1 fully saturated rings.